The Morgan fingerprint density at radius 2 is 1.77 bits per heavy atom. The first-order valence-corrected chi connectivity index (χ1v) is 9.92. The van der Waals surface area contributed by atoms with Gasteiger partial charge in [0.15, 0.2) is 0 Å². The molecule has 0 atom stereocenters. The topological polar surface area (TPSA) is 57.8 Å². The van der Waals surface area contributed by atoms with Crippen molar-refractivity contribution in [2.75, 3.05) is 5.32 Å². The Bertz CT molecular complexity index is 1320. The predicted octanol–water partition coefficient (Wildman–Crippen LogP) is 6.03. The summed E-state index contributed by atoms with van der Waals surface area (Å²) in [6, 6.07) is 22.7. The Morgan fingerprint density at radius 1 is 1.06 bits per heavy atom. The van der Waals surface area contributed by atoms with Crippen LogP contribution in [0.3, 0.4) is 0 Å². The summed E-state index contributed by atoms with van der Waals surface area (Å²) in [5.74, 6) is -0.782. The van der Waals surface area contributed by atoms with Crippen LogP contribution in [0.5, 0.6) is 0 Å². The number of fused-ring (bicyclic) bond motifs is 1. The molecule has 0 fully saturated rings. The number of rotatable bonds is 5. The number of carbonyl (C=O) groups excluding carboxylic acids is 1. The first-order chi connectivity index (χ1) is 15.0. The Balaban J connectivity index is 1.66. The summed E-state index contributed by atoms with van der Waals surface area (Å²) < 4.78 is 15.2. The van der Waals surface area contributed by atoms with Crippen LogP contribution in [0.15, 0.2) is 84.6 Å². The van der Waals surface area contributed by atoms with Gasteiger partial charge in [0.1, 0.15) is 17.5 Å². The highest BCUT2D eigenvalue weighted by atomic mass is 35.5. The van der Waals surface area contributed by atoms with Crippen molar-refractivity contribution in [1.82, 2.24) is 4.57 Å². The second-order valence-electron chi connectivity index (χ2n) is 6.99. The number of anilines is 1. The quantitative estimate of drug-likeness (QED) is 0.311. The molecule has 0 aliphatic carbocycles. The zero-order chi connectivity index (χ0) is 21.8. The summed E-state index contributed by atoms with van der Waals surface area (Å²) >= 11 is 5.87. The van der Waals surface area contributed by atoms with Gasteiger partial charge < -0.3 is 9.88 Å². The molecule has 3 aromatic carbocycles. The lowest BCUT2D eigenvalue weighted by Gasteiger charge is -2.05. The Morgan fingerprint density at radius 3 is 2.48 bits per heavy atom. The molecule has 0 radical (unpaired) electrons. The summed E-state index contributed by atoms with van der Waals surface area (Å²) in [4.78, 5) is 12.6. The average molecular weight is 430 g/mol. The number of nitriles is 1. The van der Waals surface area contributed by atoms with Crippen LogP contribution in [-0.4, -0.2) is 10.5 Å². The van der Waals surface area contributed by atoms with Gasteiger partial charge in [0.05, 0.1) is 0 Å². The SMILES string of the molecule is N#C/C(=C\c1cn(Cc2ccc(F)cc2)c2ccccc12)C(=O)Nc1ccc(Cl)cc1. The fourth-order valence-corrected chi connectivity index (χ4v) is 3.47. The largest absolute Gasteiger partial charge is 0.342 e. The number of hydrogen-bond donors (Lipinski definition) is 1. The number of nitrogens with one attached hydrogen (secondary N) is 1. The van der Waals surface area contributed by atoms with Gasteiger partial charge in [-0.25, -0.2) is 4.39 Å². The predicted molar refractivity (Wildman–Crippen MR) is 121 cm³/mol. The van der Waals surface area contributed by atoms with Gasteiger partial charge in [-0.05, 0) is 54.1 Å². The van der Waals surface area contributed by atoms with Crippen LogP contribution in [0.2, 0.25) is 5.02 Å². The van der Waals surface area contributed by atoms with E-state index in [9.17, 15) is 14.4 Å². The van der Waals surface area contributed by atoms with Crippen molar-refractivity contribution in [3.05, 3.63) is 107 Å². The third-order valence-electron chi connectivity index (χ3n) is 4.85. The average Bonchev–Trinajstić information content (AvgIpc) is 3.12. The zero-order valence-corrected chi connectivity index (χ0v) is 17.1. The van der Waals surface area contributed by atoms with Gasteiger partial charge in [-0.3, -0.25) is 4.79 Å². The molecule has 1 aromatic heterocycles. The van der Waals surface area contributed by atoms with Gasteiger partial charge in [-0.1, -0.05) is 41.9 Å². The van der Waals surface area contributed by atoms with Crippen molar-refractivity contribution in [3.63, 3.8) is 0 Å². The Labute approximate surface area is 183 Å². The van der Waals surface area contributed by atoms with Crippen LogP contribution >= 0.6 is 11.6 Å². The smallest absolute Gasteiger partial charge is 0.266 e. The van der Waals surface area contributed by atoms with Crippen molar-refractivity contribution in [2.45, 2.75) is 6.54 Å². The van der Waals surface area contributed by atoms with E-state index in [0.29, 0.717) is 17.3 Å². The van der Waals surface area contributed by atoms with Gasteiger partial charge in [-0.2, -0.15) is 5.26 Å². The lowest BCUT2D eigenvalue weighted by atomic mass is 10.1. The van der Waals surface area contributed by atoms with E-state index < -0.39 is 5.91 Å². The molecule has 0 aliphatic rings. The number of nitrogens with zero attached hydrogens (tertiary/aromatic N) is 2. The molecule has 0 saturated heterocycles. The fraction of sp³-hybridized carbons (Fsp3) is 0.0400. The van der Waals surface area contributed by atoms with Crippen LogP contribution in [-0.2, 0) is 11.3 Å². The number of amides is 1. The molecule has 0 unspecified atom stereocenters. The molecule has 1 heterocycles. The van der Waals surface area contributed by atoms with E-state index in [-0.39, 0.29) is 11.4 Å². The summed E-state index contributed by atoms with van der Waals surface area (Å²) in [6.07, 6.45) is 3.47. The second-order valence-corrected chi connectivity index (χ2v) is 7.42. The van der Waals surface area contributed by atoms with Gasteiger partial charge >= 0.3 is 0 Å². The minimum Gasteiger partial charge on any atom is -0.342 e. The molecule has 0 bridgehead atoms. The monoisotopic (exact) mass is 429 g/mol. The molecular formula is C25H17ClFN3O. The molecule has 31 heavy (non-hydrogen) atoms. The molecule has 1 amide bonds. The van der Waals surface area contributed by atoms with Crippen LogP contribution in [0.1, 0.15) is 11.1 Å². The molecule has 0 saturated carbocycles. The third-order valence-corrected chi connectivity index (χ3v) is 5.10. The molecular weight excluding hydrogens is 413 g/mol. The highest BCUT2D eigenvalue weighted by molar-refractivity contribution is 6.30. The van der Waals surface area contributed by atoms with Crippen LogP contribution < -0.4 is 5.32 Å². The maximum absolute atomic E-state index is 13.2. The van der Waals surface area contributed by atoms with Crippen LogP contribution in [0, 0.1) is 17.1 Å². The first kappa shape index (κ1) is 20.4. The number of halogens is 2. The highest BCUT2D eigenvalue weighted by Gasteiger charge is 2.13. The molecule has 152 valence electrons. The molecule has 4 rings (SSSR count). The Kier molecular flexibility index (Phi) is 5.83. The lowest BCUT2D eigenvalue weighted by molar-refractivity contribution is -0.112. The number of carbonyl (C=O) groups is 1. The van der Waals surface area contributed by atoms with E-state index in [4.69, 9.17) is 11.6 Å². The number of hydrogen-bond acceptors (Lipinski definition) is 2. The number of para-hydroxylation sites is 1. The summed E-state index contributed by atoms with van der Waals surface area (Å²) in [6.45, 7) is 0.535. The number of aromatic nitrogens is 1. The van der Waals surface area contributed by atoms with E-state index in [1.165, 1.54) is 12.1 Å². The lowest BCUT2D eigenvalue weighted by Crippen LogP contribution is -2.13. The van der Waals surface area contributed by atoms with Crippen molar-refractivity contribution in [3.8, 4) is 6.07 Å². The van der Waals surface area contributed by atoms with Gasteiger partial charge in [0.2, 0.25) is 0 Å². The number of benzene rings is 3. The van der Waals surface area contributed by atoms with Crippen molar-refractivity contribution in [1.29, 1.82) is 5.26 Å². The zero-order valence-electron chi connectivity index (χ0n) is 16.3. The van der Waals surface area contributed by atoms with Gasteiger partial charge in [-0.15, -0.1) is 0 Å². The van der Waals surface area contributed by atoms with E-state index >= 15 is 0 Å². The molecule has 1 N–H and O–H groups in total. The minimum absolute atomic E-state index is 0.0142. The van der Waals surface area contributed by atoms with Crippen molar-refractivity contribution >= 4 is 40.2 Å². The minimum atomic E-state index is -0.500. The fourth-order valence-electron chi connectivity index (χ4n) is 3.34. The highest BCUT2D eigenvalue weighted by Crippen LogP contribution is 2.25. The Hall–Kier alpha value is -3.88. The van der Waals surface area contributed by atoms with E-state index in [0.717, 1.165) is 22.0 Å². The maximum Gasteiger partial charge on any atom is 0.266 e. The van der Waals surface area contributed by atoms with Crippen LogP contribution in [0.25, 0.3) is 17.0 Å². The molecule has 6 heteroatoms. The third kappa shape index (κ3) is 4.66. The second kappa shape index (κ2) is 8.86. The van der Waals surface area contributed by atoms with Gasteiger partial charge in [0.25, 0.3) is 5.91 Å². The molecule has 4 nitrogen and oxygen atoms in total. The van der Waals surface area contributed by atoms with Crippen molar-refractivity contribution < 1.29 is 9.18 Å². The van der Waals surface area contributed by atoms with E-state index in [1.807, 2.05) is 41.1 Å². The van der Waals surface area contributed by atoms with E-state index in [1.54, 1.807) is 42.5 Å². The maximum atomic E-state index is 13.2. The molecule has 0 aliphatic heterocycles. The summed E-state index contributed by atoms with van der Waals surface area (Å²) in [5, 5.41) is 13.8. The standard InChI is InChI=1S/C25H17ClFN3O/c26-20-7-11-22(12-8-20)29-25(31)18(14-28)13-19-16-30(24-4-2-1-3-23(19)24)15-17-5-9-21(27)10-6-17/h1-13,16H,15H2,(H,29,31)/b18-13+. The summed E-state index contributed by atoms with van der Waals surface area (Å²) in [5.41, 5.74) is 3.18. The van der Waals surface area contributed by atoms with E-state index in [2.05, 4.69) is 5.32 Å². The molecule has 4 aromatic rings. The normalized spacial score (nSPS) is 11.3. The van der Waals surface area contributed by atoms with Gasteiger partial charge in [0, 0.05) is 39.9 Å². The molecule has 0 spiro atoms. The van der Waals surface area contributed by atoms with Crippen molar-refractivity contribution in [2.24, 2.45) is 0 Å². The first-order valence-electron chi connectivity index (χ1n) is 9.54. The summed E-state index contributed by atoms with van der Waals surface area (Å²) in [7, 11) is 0. The van der Waals surface area contributed by atoms with Crippen LogP contribution in [0.4, 0.5) is 10.1 Å².